The fourth-order valence-electron chi connectivity index (χ4n) is 3.43. The van der Waals surface area contributed by atoms with E-state index in [4.69, 9.17) is 5.11 Å². The number of aliphatic hydroxyl groups excluding tert-OH is 1. The fraction of sp³-hybridized carbons (Fsp3) is 0.812. The maximum atomic E-state index is 9.12. The maximum Gasteiger partial charge on any atom is 0.0644 e. The van der Waals surface area contributed by atoms with E-state index in [-0.39, 0.29) is 6.61 Å². The number of hydrogen-bond donors (Lipinski definition) is 1. The van der Waals surface area contributed by atoms with E-state index in [2.05, 4.69) is 37.7 Å². The van der Waals surface area contributed by atoms with Gasteiger partial charge >= 0.3 is 0 Å². The van der Waals surface area contributed by atoms with E-state index >= 15 is 0 Å². The Bertz CT molecular complexity index is 433. The number of nitrogens with zero attached hydrogens (tertiary/aromatic N) is 3. The minimum absolute atomic E-state index is 0.151. The van der Waals surface area contributed by atoms with Crippen LogP contribution in [0.25, 0.3) is 0 Å². The van der Waals surface area contributed by atoms with Gasteiger partial charge in [0, 0.05) is 29.9 Å². The lowest BCUT2D eigenvalue weighted by atomic mass is 10.1. The molecule has 1 heterocycles. The van der Waals surface area contributed by atoms with Crippen LogP contribution >= 0.6 is 0 Å². The van der Waals surface area contributed by atoms with Crippen molar-refractivity contribution in [3.05, 3.63) is 17.0 Å². The number of hydrogen-bond acceptors (Lipinski definition) is 3. The molecule has 114 valence electrons. The van der Waals surface area contributed by atoms with E-state index in [1.54, 1.807) is 0 Å². The van der Waals surface area contributed by atoms with Gasteiger partial charge in [0.1, 0.15) is 0 Å². The molecule has 1 aliphatic rings. The Kier molecular flexibility index (Phi) is 5.22. The van der Waals surface area contributed by atoms with Crippen LogP contribution in [0.2, 0.25) is 0 Å². The minimum atomic E-state index is 0.151. The summed E-state index contributed by atoms with van der Waals surface area (Å²) in [6, 6.07) is 1.30. The highest BCUT2D eigenvalue weighted by atomic mass is 16.3. The molecule has 1 aliphatic carbocycles. The summed E-state index contributed by atoms with van der Waals surface area (Å²) in [5.41, 5.74) is 3.67. The maximum absolute atomic E-state index is 9.12. The second kappa shape index (κ2) is 6.72. The molecule has 0 bridgehead atoms. The lowest BCUT2D eigenvalue weighted by Gasteiger charge is -2.32. The lowest BCUT2D eigenvalue weighted by molar-refractivity contribution is 0.145. The van der Waals surface area contributed by atoms with Gasteiger partial charge in [0.2, 0.25) is 0 Å². The van der Waals surface area contributed by atoms with Crippen LogP contribution in [0.3, 0.4) is 0 Å². The highest BCUT2D eigenvalue weighted by molar-refractivity contribution is 5.24. The van der Waals surface area contributed by atoms with Crippen molar-refractivity contribution in [1.29, 1.82) is 0 Å². The molecule has 20 heavy (non-hydrogen) atoms. The first-order valence-corrected chi connectivity index (χ1v) is 7.94. The van der Waals surface area contributed by atoms with E-state index in [0.717, 1.165) is 18.3 Å². The van der Waals surface area contributed by atoms with Crippen LogP contribution in [0.4, 0.5) is 0 Å². The smallest absolute Gasteiger partial charge is 0.0644 e. The Morgan fingerprint density at radius 2 is 1.95 bits per heavy atom. The van der Waals surface area contributed by atoms with Gasteiger partial charge in [-0.2, -0.15) is 5.10 Å². The van der Waals surface area contributed by atoms with Crippen molar-refractivity contribution >= 4 is 0 Å². The van der Waals surface area contributed by atoms with E-state index in [0.29, 0.717) is 12.6 Å². The van der Waals surface area contributed by atoms with Crippen molar-refractivity contribution in [3.8, 4) is 0 Å². The quantitative estimate of drug-likeness (QED) is 0.870. The molecule has 0 unspecified atom stereocenters. The van der Waals surface area contributed by atoms with E-state index in [1.165, 1.54) is 36.9 Å². The molecule has 0 amide bonds. The summed E-state index contributed by atoms with van der Waals surface area (Å²) in [4.78, 5) is 2.63. The monoisotopic (exact) mass is 279 g/mol. The van der Waals surface area contributed by atoms with Crippen LogP contribution < -0.4 is 0 Å². The van der Waals surface area contributed by atoms with Crippen molar-refractivity contribution in [3.63, 3.8) is 0 Å². The minimum Gasteiger partial charge on any atom is -0.394 e. The van der Waals surface area contributed by atoms with Gasteiger partial charge in [-0.25, -0.2) is 0 Å². The first-order valence-electron chi connectivity index (χ1n) is 7.94. The predicted octanol–water partition coefficient (Wildman–Crippen LogP) is 2.65. The first-order chi connectivity index (χ1) is 9.54. The Morgan fingerprint density at radius 3 is 2.50 bits per heavy atom. The standard InChI is InChI=1S/C16H29N3O/c1-12(2)18(15-7-5-6-8-15)11-16-13(3)17-19(9-10-20)14(16)4/h12,15,20H,5-11H2,1-4H3. The Hall–Kier alpha value is -0.870. The zero-order valence-corrected chi connectivity index (χ0v) is 13.4. The second-order valence-corrected chi connectivity index (χ2v) is 6.30. The summed E-state index contributed by atoms with van der Waals surface area (Å²) in [5.74, 6) is 0. The van der Waals surface area contributed by atoms with Crippen molar-refractivity contribution < 1.29 is 5.11 Å². The van der Waals surface area contributed by atoms with Crippen molar-refractivity contribution in [2.75, 3.05) is 6.61 Å². The molecule has 1 fully saturated rings. The summed E-state index contributed by atoms with van der Waals surface area (Å²) < 4.78 is 1.94. The molecule has 0 aromatic carbocycles. The average Bonchev–Trinajstić information content (AvgIpc) is 2.99. The molecule has 2 rings (SSSR count). The number of aliphatic hydroxyl groups is 1. The van der Waals surface area contributed by atoms with E-state index < -0.39 is 0 Å². The molecule has 4 heteroatoms. The largest absolute Gasteiger partial charge is 0.394 e. The van der Waals surface area contributed by atoms with Crippen LogP contribution in [0.15, 0.2) is 0 Å². The number of aryl methyl sites for hydroxylation is 1. The number of aromatic nitrogens is 2. The third-order valence-corrected chi connectivity index (χ3v) is 4.64. The van der Waals surface area contributed by atoms with Crippen LogP contribution in [0, 0.1) is 13.8 Å². The third kappa shape index (κ3) is 3.23. The van der Waals surface area contributed by atoms with Gasteiger partial charge in [-0.05, 0) is 40.5 Å². The average molecular weight is 279 g/mol. The Morgan fingerprint density at radius 1 is 1.30 bits per heavy atom. The molecule has 1 aromatic rings. The van der Waals surface area contributed by atoms with E-state index in [1.807, 2.05) is 4.68 Å². The Balaban J connectivity index is 2.17. The first kappa shape index (κ1) is 15.5. The Labute approximate surface area is 122 Å². The molecule has 0 aliphatic heterocycles. The predicted molar refractivity (Wildman–Crippen MR) is 81.7 cm³/mol. The van der Waals surface area contributed by atoms with Crippen molar-refractivity contribution in [2.24, 2.45) is 0 Å². The summed E-state index contributed by atoms with van der Waals surface area (Å²) in [7, 11) is 0. The van der Waals surface area contributed by atoms with Gasteiger partial charge in [0.05, 0.1) is 18.8 Å². The summed E-state index contributed by atoms with van der Waals surface area (Å²) in [6.45, 7) is 10.5. The fourth-order valence-corrected chi connectivity index (χ4v) is 3.43. The van der Waals surface area contributed by atoms with Gasteiger partial charge in [-0.15, -0.1) is 0 Å². The van der Waals surface area contributed by atoms with Gasteiger partial charge in [-0.3, -0.25) is 9.58 Å². The van der Waals surface area contributed by atoms with Crippen LogP contribution in [-0.2, 0) is 13.1 Å². The zero-order chi connectivity index (χ0) is 14.7. The van der Waals surface area contributed by atoms with Gasteiger partial charge in [-0.1, -0.05) is 12.8 Å². The molecular formula is C16H29N3O. The van der Waals surface area contributed by atoms with Gasteiger partial charge in [0.25, 0.3) is 0 Å². The summed E-state index contributed by atoms with van der Waals surface area (Å²) in [5, 5.41) is 13.7. The van der Waals surface area contributed by atoms with Crippen molar-refractivity contribution in [2.45, 2.75) is 78.6 Å². The third-order valence-electron chi connectivity index (χ3n) is 4.64. The zero-order valence-electron chi connectivity index (χ0n) is 13.4. The normalized spacial score (nSPS) is 16.8. The molecule has 1 saturated carbocycles. The number of rotatable bonds is 6. The SMILES string of the molecule is Cc1nn(CCO)c(C)c1CN(C(C)C)C1CCCC1. The van der Waals surface area contributed by atoms with Crippen LogP contribution in [0.1, 0.15) is 56.5 Å². The highest BCUT2D eigenvalue weighted by Gasteiger charge is 2.26. The van der Waals surface area contributed by atoms with Crippen LogP contribution in [-0.4, -0.2) is 38.5 Å². The summed E-state index contributed by atoms with van der Waals surface area (Å²) in [6.07, 6.45) is 5.41. The molecule has 0 spiro atoms. The topological polar surface area (TPSA) is 41.3 Å². The van der Waals surface area contributed by atoms with Gasteiger partial charge in [0.15, 0.2) is 0 Å². The molecule has 1 N–H and O–H groups in total. The van der Waals surface area contributed by atoms with Crippen molar-refractivity contribution in [1.82, 2.24) is 14.7 Å². The highest BCUT2D eigenvalue weighted by Crippen LogP contribution is 2.28. The molecule has 0 saturated heterocycles. The molecular weight excluding hydrogens is 250 g/mol. The molecule has 0 atom stereocenters. The lowest BCUT2D eigenvalue weighted by Crippen LogP contribution is -2.38. The van der Waals surface area contributed by atoms with E-state index in [9.17, 15) is 0 Å². The molecule has 0 radical (unpaired) electrons. The molecule has 1 aromatic heterocycles. The van der Waals surface area contributed by atoms with Crippen LogP contribution in [0.5, 0.6) is 0 Å². The summed E-state index contributed by atoms with van der Waals surface area (Å²) >= 11 is 0. The molecule has 4 nitrogen and oxygen atoms in total. The van der Waals surface area contributed by atoms with Gasteiger partial charge < -0.3 is 5.11 Å². The second-order valence-electron chi connectivity index (χ2n) is 6.30.